The molecule has 0 radical (unpaired) electrons. The first-order valence-corrected chi connectivity index (χ1v) is 12.7. The van der Waals surface area contributed by atoms with Crippen molar-refractivity contribution < 1.29 is 19.1 Å². The van der Waals surface area contributed by atoms with Crippen LogP contribution in [0.5, 0.6) is 0 Å². The summed E-state index contributed by atoms with van der Waals surface area (Å²) in [5, 5.41) is 11.9. The molecular weight excluding hydrogens is 494 g/mol. The number of rotatable bonds is 8. The lowest BCUT2D eigenvalue weighted by Gasteiger charge is -2.09. The molecule has 4 rings (SSSR count). The van der Waals surface area contributed by atoms with Gasteiger partial charge in [0.2, 0.25) is 0 Å². The number of fused-ring (bicyclic) bond motifs is 1. The van der Waals surface area contributed by atoms with Gasteiger partial charge in [-0.3, -0.25) is 14.3 Å². The summed E-state index contributed by atoms with van der Waals surface area (Å²) in [7, 11) is 3.25. The molecule has 12 heteroatoms. The van der Waals surface area contributed by atoms with Gasteiger partial charge in [0.15, 0.2) is 11.3 Å². The molecule has 0 bridgehead atoms. The zero-order valence-corrected chi connectivity index (χ0v) is 22.5. The molecule has 37 heavy (non-hydrogen) atoms. The van der Waals surface area contributed by atoms with Crippen molar-refractivity contribution >= 4 is 39.8 Å². The Kier molecular flexibility index (Phi) is 7.39. The van der Waals surface area contributed by atoms with Crippen LogP contribution < -0.4 is 5.32 Å². The molecule has 0 aliphatic carbocycles. The Morgan fingerprint density at radius 2 is 1.95 bits per heavy atom. The highest BCUT2D eigenvalue weighted by Crippen LogP contribution is 2.35. The minimum absolute atomic E-state index is 0.111. The first kappa shape index (κ1) is 26.0. The number of amides is 2. The number of aromatic nitrogens is 5. The van der Waals surface area contributed by atoms with Gasteiger partial charge in [-0.15, -0.1) is 11.3 Å². The number of carbonyl (C=O) groups is 3. The highest BCUT2D eigenvalue weighted by molar-refractivity contribution is 7.18. The minimum atomic E-state index is -0.592. The number of hydrogen-bond donors (Lipinski definition) is 1. The second-order valence-corrected chi connectivity index (χ2v) is 9.66. The molecular formula is C25H29N7O4S. The Morgan fingerprint density at radius 1 is 1.19 bits per heavy atom. The molecule has 0 saturated carbocycles. The predicted molar refractivity (Wildman–Crippen MR) is 140 cm³/mol. The van der Waals surface area contributed by atoms with E-state index in [0.717, 1.165) is 34.8 Å². The van der Waals surface area contributed by atoms with Crippen molar-refractivity contribution in [2.24, 2.45) is 0 Å². The first-order chi connectivity index (χ1) is 17.7. The number of thiophene rings is 1. The lowest BCUT2D eigenvalue weighted by atomic mass is 10.1. The fourth-order valence-corrected chi connectivity index (χ4v) is 5.13. The average molecular weight is 524 g/mol. The summed E-state index contributed by atoms with van der Waals surface area (Å²) in [6.45, 7) is 8.50. The Hall–Kier alpha value is -4.06. The fourth-order valence-electron chi connectivity index (χ4n) is 3.92. The monoisotopic (exact) mass is 523 g/mol. The number of nitrogens with zero attached hydrogens (tertiary/aromatic N) is 6. The summed E-state index contributed by atoms with van der Waals surface area (Å²) in [6, 6.07) is 3.38. The van der Waals surface area contributed by atoms with Gasteiger partial charge in [-0.25, -0.2) is 14.3 Å². The van der Waals surface area contributed by atoms with Crippen molar-refractivity contribution in [1.82, 2.24) is 29.3 Å². The zero-order valence-electron chi connectivity index (χ0n) is 21.7. The van der Waals surface area contributed by atoms with Gasteiger partial charge >= 0.3 is 5.97 Å². The van der Waals surface area contributed by atoms with Crippen LogP contribution in [0.4, 0.5) is 5.00 Å². The first-order valence-electron chi connectivity index (χ1n) is 11.9. The third kappa shape index (κ3) is 4.84. The van der Waals surface area contributed by atoms with E-state index in [0.29, 0.717) is 22.5 Å². The van der Waals surface area contributed by atoms with E-state index in [-0.39, 0.29) is 28.8 Å². The van der Waals surface area contributed by atoms with Gasteiger partial charge in [-0.1, -0.05) is 6.92 Å². The van der Waals surface area contributed by atoms with Crippen LogP contribution in [-0.2, 0) is 11.3 Å². The summed E-state index contributed by atoms with van der Waals surface area (Å²) in [5.41, 5.74) is 3.82. The summed E-state index contributed by atoms with van der Waals surface area (Å²) in [4.78, 5) is 45.0. The molecule has 0 unspecified atom stereocenters. The lowest BCUT2D eigenvalue weighted by Crippen LogP contribution is -2.21. The maximum Gasteiger partial charge on any atom is 0.341 e. The van der Waals surface area contributed by atoms with Gasteiger partial charge in [0.25, 0.3) is 11.8 Å². The van der Waals surface area contributed by atoms with Crippen molar-refractivity contribution in [3.05, 3.63) is 51.9 Å². The van der Waals surface area contributed by atoms with Gasteiger partial charge in [0.1, 0.15) is 5.00 Å². The Morgan fingerprint density at radius 3 is 2.59 bits per heavy atom. The van der Waals surface area contributed by atoms with E-state index in [1.54, 1.807) is 44.0 Å². The van der Waals surface area contributed by atoms with E-state index in [9.17, 15) is 14.4 Å². The van der Waals surface area contributed by atoms with Crippen LogP contribution >= 0.6 is 11.3 Å². The van der Waals surface area contributed by atoms with Gasteiger partial charge in [-0.2, -0.15) is 10.2 Å². The molecule has 4 aromatic heterocycles. The second-order valence-electron chi connectivity index (χ2n) is 8.64. The van der Waals surface area contributed by atoms with Gasteiger partial charge in [-0.05, 0) is 38.8 Å². The van der Waals surface area contributed by atoms with Crippen molar-refractivity contribution in [3.8, 4) is 11.3 Å². The lowest BCUT2D eigenvalue weighted by molar-refractivity contribution is 0.0506. The van der Waals surface area contributed by atoms with Crippen LogP contribution in [-0.4, -0.2) is 67.8 Å². The Balaban J connectivity index is 1.72. The van der Waals surface area contributed by atoms with E-state index < -0.39 is 11.9 Å². The van der Waals surface area contributed by atoms with Crippen molar-refractivity contribution in [2.45, 2.75) is 40.7 Å². The van der Waals surface area contributed by atoms with Crippen molar-refractivity contribution in [1.29, 1.82) is 0 Å². The zero-order chi connectivity index (χ0) is 26.9. The maximum absolute atomic E-state index is 13.3. The quantitative estimate of drug-likeness (QED) is 0.348. The van der Waals surface area contributed by atoms with Crippen molar-refractivity contribution in [3.63, 3.8) is 0 Å². The minimum Gasteiger partial charge on any atom is -0.462 e. The van der Waals surface area contributed by atoms with Gasteiger partial charge in [0, 0.05) is 44.2 Å². The fraction of sp³-hybridized carbons (Fsp3) is 0.360. The molecule has 1 N–H and O–H groups in total. The highest BCUT2D eigenvalue weighted by Gasteiger charge is 2.28. The predicted octanol–water partition coefficient (Wildman–Crippen LogP) is 3.81. The smallest absolute Gasteiger partial charge is 0.341 e. The molecule has 0 aromatic carbocycles. The van der Waals surface area contributed by atoms with Gasteiger partial charge < -0.3 is 15.0 Å². The number of nitrogens with one attached hydrogen (secondary N) is 1. The molecule has 4 heterocycles. The third-order valence-electron chi connectivity index (χ3n) is 5.88. The van der Waals surface area contributed by atoms with Crippen LogP contribution in [0.2, 0.25) is 0 Å². The number of esters is 1. The van der Waals surface area contributed by atoms with E-state index in [1.807, 2.05) is 31.5 Å². The van der Waals surface area contributed by atoms with Crippen LogP contribution in [0.25, 0.3) is 16.9 Å². The summed E-state index contributed by atoms with van der Waals surface area (Å²) < 4.78 is 8.80. The summed E-state index contributed by atoms with van der Waals surface area (Å²) in [6.07, 6.45) is 4.06. The number of ether oxygens (including phenoxy) is 1. The highest BCUT2D eigenvalue weighted by atomic mass is 32.1. The SMILES string of the molecule is CCCOC(=O)c1c(NC(=O)c2cc3nccc(-c4cnn(CC)c4C)n3n2)sc(C(=O)N(C)C)c1C. The topological polar surface area (TPSA) is 124 Å². The molecule has 11 nitrogen and oxygen atoms in total. The molecule has 0 aliphatic heterocycles. The van der Waals surface area contributed by atoms with Crippen LogP contribution in [0.1, 0.15) is 62.0 Å². The standard InChI is InChI=1S/C25H29N7O4S/c1-7-11-36-25(35)20-14(3)21(24(34)30(5)6)37-23(20)28-22(33)17-12-19-26-10-9-18(32(19)29-17)16-13-27-31(8-2)15(16)4/h9-10,12-13H,7-8,11H2,1-6H3,(H,28,33). The van der Waals surface area contributed by atoms with E-state index in [4.69, 9.17) is 4.74 Å². The third-order valence-corrected chi connectivity index (χ3v) is 7.08. The van der Waals surface area contributed by atoms with Gasteiger partial charge in [0.05, 0.1) is 28.9 Å². The number of carbonyl (C=O) groups excluding carboxylic acids is 3. The molecule has 0 atom stereocenters. The summed E-state index contributed by atoms with van der Waals surface area (Å²) in [5.74, 6) is -1.39. The number of aryl methyl sites for hydroxylation is 1. The Labute approximate surface area is 218 Å². The summed E-state index contributed by atoms with van der Waals surface area (Å²) >= 11 is 1.04. The average Bonchev–Trinajstić information content (AvgIpc) is 3.56. The van der Waals surface area contributed by atoms with Crippen LogP contribution in [0.3, 0.4) is 0 Å². The largest absolute Gasteiger partial charge is 0.462 e. The Bertz CT molecular complexity index is 1500. The number of hydrogen-bond acceptors (Lipinski definition) is 8. The molecule has 0 aliphatic rings. The van der Waals surface area contributed by atoms with E-state index in [1.165, 1.54) is 4.90 Å². The molecule has 0 saturated heterocycles. The van der Waals surface area contributed by atoms with Crippen LogP contribution in [0.15, 0.2) is 24.5 Å². The van der Waals surface area contributed by atoms with E-state index >= 15 is 0 Å². The molecule has 2 amide bonds. The normalized spacial score (nSPS) is 11.1. The van der Waals surface area contributed by atoms with Crippen molar-refractivity contribution in [2.75, 3.05) is 26.0 Å². The maximum atomic E-state index is 13.3. The molecule has 0 spiro atoms. The number of anilines is 1. The second kappa shape index (κ2) is 10.5. The van der Waals surface area contributed by atoms with Crippen LogP contribution in [0, 0.1) is 13.8 Å². The molecule has 4 aromatic rings. The van der Waals surface area contributed by atoms with E-state index in [2.05, 4.69) is 20.5 Å². The molecule has 0 fully saturated rings. The molecule has 194 valence electrons.